The van der Waals surface area contributed by atoms with Crippen LogP contribution in [0.5, 0.6) is 0 Å². The molecule has 1 rings (SSSR count). The number of benzene rings is 1. The van der Waals surface area contributed by atoms with E-state index in [4.69, 9.17) is 45.4 Å². The third-order valence-corrected chi connectivity index (χ3v) is 4.15. The van der Waals surface area contributed by atoms with E-state index in [1.54, 1.807) is 6.92 Å². The molecular weight excluding hydrogens is 355 g/mol. The first-order valence-corrected chi connectivity index (χ1v) is 9.12. The lowest BCUT2D eigenvalue weighted by atomic mass is 9.68. The normalized spacial score (nSPS) is 11.2. The van der Waals surface area contributed by atoms with Gasteiger partial charge in [-0.15, -0.1) is 0 Å². The average Bonchev–Trinajstić information content (AvgIpc) is 2.53. The van der Waals surface area contributed by atoms with E-state index in [0.29, 0.717) is 0 Å². The summed E-state index contributed by atoms with van der Waals surface area (Å²) in [5, 5.41) is 0. The van der Waals surface area contributed by atoms with Crippen LogP contribution in [-0.2, 0) is 32.2 Å². The van der Waals surface area contributed by atoms with Crippen molar-refractivity contribution in [1.82, 2.24) is 0 Å². The maximum atomic E-state index is 12.4. The van der Waals surface area contributed by atoms with E-state index in [9.17, 15) is 18.0 Å². The summed E-state index contributed by atoms with van der Waals surface area (Å²) in [5.41, 5.74) is -0.459. The molecule has 130 valence electrons. The Bertz CT molecular complexity index is 808. The van der Waals surface area contributed by atoms with Crippen LogP contribution in [0.15, 0.2) is 0 Å². The molecule has 0 fully saturated rings. The van der Waals surface area contributed by atoms with E-state index in [1.807, 2.05) is 0 Å². The van der Waals surface area contributed by atoms with Gasteiger partial charge in [-0.3, -0.25) is 4.55 Å². The molecule has 12 heteroatoms. The smallest absolute Gasteiger partial charge is 0.339 e. The van der Waals surface area contributed by atoms with E-state index in [2.05, 4.69) is 0 Å². The monoisotopic (exact) mass is 370 g/mol. The summed E-state index contributed by atoms with van der Waals surface area (Å²) in [4.78, 5) is 24.7. The highest BCUT2D eigenvalue weighted by Crippen LogP contribution is 2.17. The van der Waals surface area contributed by atoms with Gasteiger partial charge in [0, 0.05) is 0 Å². The molecule has 1 aromatic carbocycles. The molecule has 0 bridgehead atoms. The first-order chi connectivity index (χ1) is 12.1. The van der Waals surface area contributed by atoms with E-state index >= 15 is 0 Å². The Morgan fingerprint density at radius 2 is 1.50 bits per heavy atom. The average molecular weight is 370 g/mol. The summed E-state index contributed by atoms with van der Waals surface area (Å²) in [5.74, 6) is -2.81. The number of rotatable bonds is 8. The molecule has 0 aromatic heterocycles. The van der Waals surface area contributed by atoms with Gasteiger partial charge in [0.1, 0.15) is 28.1 Å². The number of hydrogen-bond donors (Lipinski definition) is 1. The molecule has 0 spiro atoms. The highest BCUT2D eigenvalue weighted by atomic mass is 32.2. The fraction of sp³-hybridized carbons (Fsp3) is 0.429. The van der Waals surface area contributed by atoms with Crippen LogP contribution in [0.25, 0.3) is 0 Å². The largest absolute Gasteiger partial charge is 0.462 e. The second-order valence-corrected chi connectivity index (χ2v) is 6.66. The molecule has 7 nitrogen and oxygen atoms in total. The quantitative estimate of drug-likeness (QED) is 0.316. The second-order valence-electron chi connectivity index (χ2n) is 5.09. The zero-order valence-corrected chi connectivity index (χ0v) is 15.0. The molecule has 26 heavy (non-hydrogen) atoms. The first-order valence-electron chi connectivity index (χ1n) is 7.51. The van der Waals surface area contributed by atoms with Gasteiger partial charge in [0.25, 0.3) is 10.1 Å². The van der Waals surface area contributed by atoms with Gasteiger partial charge >= 0.3 is 11.9 Å². The third-order valence-electron chi connectivity index (χ3n) is 3.46. The fourth-order valence-electron chi connectivity index (χ4n) is 2.28. The third kappa shape index (κ3) is 5.17. The molecule has 0 heterocycles. The number of esters is 2. The minimum atomic E-state index is -4.34. The van der Waals surface area contributed by atoms with Crippen LogP contribution in [0.2, 0.25) is 0 Å². The van der Waals surface area contributed by atoms with Gasteiger partial charge in [0.15, 0.2) is 0 Å². The van der Waals surface area contributed by atoms with Crippen molar-refractivity contribution in [3.63, 3.8) is 0 Å². The standard InChI is InChI=1S/C14H14B4O7S/c1-2-24-14(20)10-9(13(19)25-3-4-26(21,22)23)7(5-15)11(17)8(6-16)12(10)18/h2-6H2,1H3,(H,21,22,23). The predicted molar refractivity (Wildman–Crippen MR) is 98.8 cm³/mol. The minimum Gasteiger partial charge on any atom is -0.462 e. The molecule has 0 aliphatic heterocycles. The number of carbonyl (C=O) groups excluding carboxylic acids is 2. The summed E-state index contributed by atoms with van der Waals surface area (Å²) < 4.78 is 39.9. The molecule has 0 aliphatic rings. The predicted octanol–water partition coefficient (Wildman–Crippen LogP) is -2.17. The molecule has 0 aliphatic carbocycles. The van der Waals surface area contributed by atoms with Crippen molar-refractivity contribution in [2.75, 3.05) is 19.0 Å². The van der Waals surface area contributed by atoms with Gasteiger partial charge in [-0.25, -0.2) is 9.59 Å². The molecule has 0 saturated heterocycles. The summed E-state index contributed by atoms with van der Waals surface area (Å²) in [6.07, 6.45) is -0.358. The van der Waals surface area contributed by atoms with Crippen molar-refractivity contribution in [3.8, 4) is 0 Å². The molecular formula is C14H14B4O7S. The molecule has 1 N–H and O–H groups in total. The van der Waals surface area contributed by atoms with Crippen molar-refractivity contribution in [2.45, 2.75) is 19.6 Å². The van der Waals surface area contributed by atoms with Crippen LogP contribution >= 0.6 is 0 Å². The maximum absolute atomic E-state index is 12.4. The van der Waals surface area contributed by atoms with Gasteiger partial charge < -0.3 is 9.47 Å². The Morgan fingerprint density at radius 1 is 0.962 bits per heavy atom. The lowest BCUT2D eigenvalue weighted by Crippen LogP contribution is -2.36. The summed E-state index contributed by atoms with van der Waals surface area (Å²) >= 11 is 0. The molecule has 0 atom stereocenters. The van der Waals surface area contributed by atoms with Crippen LogP contribution in [0.4, 0.5) is 0 Å². The fourth-order valence-corrected chi connectivity index (χ4v) is 2.58. The number of hydrogen-bond acceptors (Lipinski definition) is 6. The van der Waals surface area contributed by atoms with Crippen LogP contribution in [-0.4, -0.2) is 75.3 Å². The van der Waals surface area contributed by atoms with Gasteiger partial charge in [-0.2, -0.15) is 8.42 Å². The van der Waals surface area contributed by atoms with E-state index in [-0.39, 0.29) is 52.4 Å². The SMILES string of the molecule is [B]Cc1c([B])c(C[B])c(C(=O)OCCS(=O)(=O)O)c(C(=O)OCC)c1[B]. The minimum absolute atomic E-state index is 0.00973. The molecule has 0 amide bonds. The highest BCUT2D eigenvalue weighted by molar-refractivity contribution is 7.85. The first kappa shape index (κ1) is 22.4. The number of carbonyl (C=O) groups is 2. The lowest BCUT2D eigenvalue weighted by molar-refractivity contribution is 0.0480. The molecule has 0 saturated carbocycles. The zero-order chi connectivity index (χ0) is 20.1. The Kier molecular flexibility index (Phi) is 8.02. The second kappa shape index (κ2) is 9.32. The van der Waals surface area contributed by atoms with Crippen LogP contribution in [0.1, 0.15) is 38.8 Å². The highest BCUT2D eigenvalue weighted by Gasteiger charge is 2.28. The van der Waals surface area contributed by atoms with Crippen LogP contribution in [0, 0.1) is 0 Å². The van der Waals surface area contributed by atoms with Gasteiger partial charge in [0.05, 0.1) is 33.4 Å². The summed E-state index contributed by atoms with van der Waals surface area (Å²) in [6.45, 7) is 0.918. The Morgan fingerprint density at radius 3 is 1.96 bits per heavy atom. The van der Waals surface area contributed by atoms with Crippen molar-refractivity contribution in [1.29, 1.82) is 0 Å². The zero-order valence-electron chi connectivity index (χ0n) is 14.1. The van der Waals surface area contributed by atoms with Crippen LogP contribution < -0.4 is 10.9 Å². The van der Waals surface area contributed by atoms with Gasteiger partial charge in [0.2, 0.25) is 0 Å². The molecule has 1 aromatic rings. The Labute approximate surface area is 157 Å². The van der Waals surface area contributed by atoms with Gasteiger partial charge in [-0.05, 0) is 12.5 Å². The molecule has 8 radical (unpaired) electrons. The summed E-state index contributed by atoms with van der Waals surface area (Å²) in [6, 6.07) is 0. The van der Waals surface area contributed by atoms with Crippen LogP contribution in [0.3, 0.4) is 0 Å². The molecule has 0 unspecified atom stereocenters. The van der Waals surface area contributed by atoms with Crippen molar-refractivity contribution < 1.29 is 32.0 Å². The maximum Gasteiger partial charge on any atom is 0.339 e. The van der Waals surface area contributed by atoms with Crippen molar-refractivity contribution in [3.05, 3.63) is 22.3 Å². The lowest BCUT2D eigenvalue weighted by Gasteiger charge is -2.22. The van der Waals surface area contributed by atoms with Gasteiger partial charge in [-0.1, -0.05) is 29.1 Å². The van der Waals surface area contributed by atoms with E-state index in [1.165, 1.54) is 0 Å². The summed E-state index contributed by atoms with van der Waals surface area (Å²) in [7, 11) is 18.8. The van der Waals surface area contributed by atoms with Crippen molar-refractivity contribution >= 4 is 64.4 Å². The Hall–Kier alpha value is -1.67. The topological polar surface area (TPSA) is 107 Å². The van der Waals surface area contributed by atoms with E-state index in [0.717, 1.165) is 0 Å². The Balaban J connectivity index is 3.51. The van der Waals surface area contributed by atoms with Crippen molar-refractivity contribution in [2.24, 2.45) is 0 Å². The number of ether oxygens (including phenoxy) is 2. The van der Waals surface area contributed by atoms with E-state index < -0.39 is 34.4 Å².